The van der Waals surface area contributed by atoms with Gasteiger partial charge in [0.1, 0.15) is 0 Å². The van der Waals surface area contributed by atoms with E-state index in [1.54, 1.807) is 34.9 Å². The number of nitrogens with zero attached hydrogens (tertiary/aromatic N) is 4. The minimum Gasteiger partial charge on any atom is -0.354 e. The molecule has 0 radical (unpaired) electrons. The largest absolute Gasteiger partial charge is 0.354 e. The fourth-order valence-electron chi connectivity index (χ4n) is 3.35. The summed E-state index contributed by atoms with van der Waals surface area (Å²) >= 11 is 0. The molecule has 0 aliphatic rings. The number of benzene rings is 1. The summed E-state index contributed by atoms with van der Waals surface area (Å²) in [5.74, 6) is 0.747. The first kappa shape index (κ1) is 23.4. The van der Waals surface area contributed by atoms with Crippen LogP contribution in [-0.4, -0.2) is 59.1 Å². The molecule has 0 saturated carbocycles. The predicted molar refractivity (Wildman–Crippen MR) is 129 cm³/mol. The number of rotatable bonds is 9. The van der Waals surface area contributed by atoms with Crippen LogP contribution in [0.1, 0.15) is 36.3 Å². The Morgan fingerprint density at radius 2 is 1.81 bits per heavy atom. The van der Waals surface area contributed by atoms with E-state index in [2.05, 4.69) is 25.5 Å². The van der Waals surface area contributed by atoms with Crippen LogP contribution in [0.2, 0.25) is 0 Å². The second-order valence-corrected chi connectivity index (χ2v) is 8.61. The zero-order chi connectivity index (χ0) is 23.3. The predicted octanol–water partition coefficient (Wildman–Crippen LogP) is 2.84. The summed E-state index contributed by atoms with van der Waals surface area (Å²) in [4.78, 5) is 36.4. The lowest BCUT2D eigenvalue weighted by Gasteiger charge is -2.14. The molecule has 170 valence electrons. The van der Waals surface area contributed by atoms with Crippen molar-refractivity contribution in [2.24, 2.45) is 5.92 Å². The number of pyridine rings is 1. The molecule has 32 heavy (non-hydrogen) atoms. The third-order valence-electron chi connectivity index (χ3n) is 5.06. The molecular formula is C24H32N6O2. The Labute approximate surface area is 188 Å². The number of aryl methyl sites for hydroxylation is 1. The van der Waals surface area contributed by atoms with Gasteiger partial charge in [-0.25, -0.2) is 4.98 Å². The monoisotopic (exact) mass is 436 g/mol. The molecule has 8 nitrogen and oxygen atoms in total. The Hall–Kier alpha value is -3.26. The number of nitrogens with one attached hydrogen (secondary N) is 2. The van der Waals surface area contributed by atoms with E-state index in [0.29, 0.717) is 35.3 Å². The second-order valence-electron chi connectivity index (χ2n) is 8.61. The van der Waals surface area contributed by atoms with Gasteiger partial charge in [0.05, 0.1) is 11.4 Å². The van der Waals surface area contributed by atoms with Crippen LogP contribution in [0.5, 0.6) is 0 Å². The molecule has 0 aliphatic carbocycles. The van der Waals surface area contributed by atoms with Gasteiger partial charge in [0.2, 0.25) is 5.95 Å². The molecule has 2 aromatic heterocycles. The van der Waals surface area contributed by atoms with Gasteiger partial charge in [-0.2, -0.15) is 4.98 Å². The van der Waals surface area contributed by atoms with Crippen LogP contribution >= 0.6 is 0 Å². The van der Waals surface area contributed by atoms with Gasteiger partial charge in [0.15, 0.2) is 5.65 Å². The highest BCUT2D eigenvalue weighted by Gasteiger charge is 2.13. The molecule has 0 unspecified atom stereocenters. The van der Waals surface area contributed by atoms with Crippen LogP contribution in [0.3, 0.4) is 0 Å². The lowest BCUT2D eigenvalue weighted by Crippen LogP contribution is -2.27. The van der Waals surface area contributed by atoms with E-state index in [1.807, 2.05) is 34.9 Å². The molecular weight excluding hydrogens is 404 g/mol. The summed E-state index contributed by atoms with van der Waals surface area (Å²) in [5.41, 5.74) is 2.35. The van der Waals surface area contributed by atoms with Crippen molar-refractivity contribution in [2.45, 2.75) is 27.2 Å². The summed E-state index contributed by atoms with van der Waals surface area (Å²) in [6, 6.07) is 10.3. The van der Waals surface area contributed by atoms with Crippen LogP contribution in [0, 0.1) is 12.8 Å². The first-order valence-corrected chi connectivity index (χ1v) is 10.9. The molecule has 0 saturated heterocycles. The highest BCUT2D eigenvalue weighted by molar-refractivity contribution is 5.94. The Morgan fingerprint density at radius 3 is 2.47 bits per heavy atom. The molecule has 8 heteroatoms. The van der Waals surface area contributed by atoms with Gasteiger partial charge in [0, 0.05) is 30.1 Å². The Bertz CT molecular complexity index is 1140. The number of amides is 1. The Morgan fingerprint density at radius 1 is 1.09 bits per heavy atom. The van der Waals surface area contributed by atoms with Crippen molar-refractivity contribution in [1.29, 1.82) is 0 Å². The van der Waals surface area contributed by atoms with Gasteiger partial charge < -0.3 is 15.5 Å². The van der Waals surface area contributed by atoms with Crippen LogP contribution in [0.4, 0.5) is 5.95 Å². The lowest BCUT2D eigenvalue weighted by molar-refractivity contribution is 0.0949. The number of carbonyl (C=O) groups is 1. The second kappa shape index (κ2) is 10.4. The van der Waals surface area contributed by atoms with Crippen molar-refractivity contribution in [3.63, 3.8) is 0 Å². The van der Waals surface area contributed by atoms with Crippen LogP contribution in [0.15, 0.2) is 41.2 Å². The molecule has 0 bridgehead atoms. The van der Waals surface area contributed by atoms with Crippen LogP contribution in [0.25, 0.3) is 16.7 Å². The highest BCUT2D eigenvalue weighted by Crippen LogP contribution is 2.19. The minimum atomic E-state index is -0.189. The molecule has 1 aromatic carbocycles. The van der Waals surface area contributed by atoms with Gasteiger partial charge in [-0.05, 0) is 70.2 Å². The fraction of sp³-hybridized carbons (Fsp3) is 0.417. The summed E-state index contributed by atoms with van der Waals surface area (Å²) in [6.45, 7) is 8.31. The standard InChI is InChI=1S/C24H32N6O2/c1-16(2)15-26-23(32)18-7-9-19(10-8-18)30-21(31)12-11-20-17(3)27-24(28-22(20)30)25-13-6-14-29(4)5/h7-12,16H,6,13-15H2,1-5H3,(H,26,32)(H,25,27,28). The molecule has 2 N–H and O–H groups in total. The van der Waals surface area contributed by atoms with E-state index < -0.39 is 0 Å². The van der Waals surface area contributed by atoms with Crippen molar-refractivity contribution in [1.82, 2.24) is 24.8 Å². The fourth-order valence-corrected chi connectivity index (χ4v) is 3.35. The lowest BCUT2D eigenvalue weighted by atomic mass is 10.1. The molecule has 3 rings (SSSR count). The molecule has 0 fully saturated rings. The number of aromatic nitrogens is 3. The van der Waals surface area contributed by atoms with Gasteiger partial charge in [-0.15, -0.1) is 0 Å². The number of hydrogen-bond acceptors (Lipinski definition) is 6. The normalized spacial score (nSPS) is 11.3. The molecule has 1 amide bonds. The van der Waals surface area contributed by atoms with Crippen molar-refractivity contribution in [3.05, 3.63) is 58.0 Å². The van der Waals surface area contributed by atoms with Gasteiger partial charge in [-0.3, -0.25) is 14.2 Å². The summed E-state index contributed by atoms with van der Waals surface area (Å²) < 4.78 is 1.56. The van der Waals surface area contributed by atoms with E-state index >= 15 is 0 Å². The number of fused-ring (bicyclic) bond motifs is 1. The minimum absolute atomic E-state index is 0.127. The zero-order valence-electron chi connectivity index (χ0n) is 19.5. The third kappa shape index (κ3) is 5.70. The van der Waals surface area contributed by atoms with Gasteiger partial charge in [0.25, 0.3) is 11.5 Å². The Balaban J connectivity index is 1.92. The van der Waals surface area contributed by atoms with Gasteiger partial charge in [-0.1, -0.05) is 13.8 Å². The van der Waals surface area contributed by atoms with E-state index in [4.69, 9.17) is 0 Å². The molecule has 0 spiro atoms. The molecule has 0 atom stereocenters. The third-order valence-corrected chi connectivity index (χ3v) is 5.06. The zero-order valence-corrected chi connectivity index (χ0v) is 19.5. The van der Waals surface area contributed by atoms with E-state index in [9.17, 15) is 9.59 Å². The van der Waals surface area contributed by atoms with Crippen molar-refractivity contribution >= 4 is 22.9 Å². The Kier molecular flexibility index (Phi) is 7.58. The van der Waals surface area contributed by atoms with Crippen molar-refractivity contribution in [2.75, 3.05) is 39.0 Å². The van der Waals surface area contributed by atoms with E-state index in [-0.39, 0.29) is 11.5 Å². The summed E-state index contributed by atoms with van der Waals surface area (Å²) in [5, 5.41) is 6.97. The maximum atomic E-state index is 12.8. The average molecular weight is 437 g/mol. The van der Waals surface area contributed by atoms with Gasteiger partial charge >= 0.3 is 0 Å². The molecule has 3 aromatic rings. The first-order chi connectivity index (χ1) is 15.3. The van der Waals surface area contributed by atoms with Crippen molar-refractivity contribution < 1.29 is 4.79 Å². The summed E-state index contributed by atoms with van der Waals surface area (Å²) in [7, 11) is 4.07. The van der Waals surface area contributed by atoms with Crippen LogP contribution < -0.4 is 16.2 Å². The van der Waals surface area contributed by atoms with E-state index in [0.717, 1.165) is 30.6 Å². The number of carbonyl (C=O) groups excluding carboxylic acids is 1. The number of hydrogen-bond donors (Lipinski definition) is 2. The number of anilines is 1. The maximum absolute atomic E-state index is 12.8. The maximum Gasteiger partial charge on any atom is 0.256 e. The van der Waals surface area contributed by atoms with Crippen molar-refractivity contribution in [3.8, 4) is 5.69 Å². The topological polar surface area (TPSA) is 92.2 Å². The molecule has 2 heterocycles. The average Bonchev–Trinajstić information content (AvgIpc) is 2.75. The first-order valence-electron chi connectivity index (χ1n) is 10.9. The SMILES string of the molecule is Cc1nc(NCCCN(C)C)nc2c1ccc(=O)n2-c1ccc(C(=O)NCC(C)C)cc1. The smallest absolute Gasteiger partial charge is 0.256 e. The van der Waals surface area contributed by atoms with Crippen LogP contribution in [-0.2, 0) is 0 Å². The summed E-state index contributed by atoms with van der Waals surface area (Å²) in [6.07, 6.45) is 0.954. The van der Waals surface area contributed by atoms with E-state index in [1.165, 1.54) is 6.07 Å². The highest BCUT2D eigenvalue weighted by atomic mass is 16.1. The quantitative estimate of drug-likeness (QED) is 0.501. The molecule has 0 aliphatic heterocycles.